The maximum absolute atomic E-state index is 12.0. The van der Waals surface area contributed by atoms with Gasteiger partial charge in [0.2, 0.25) is 5.91 Å². The van der Waals surface area contributed by atoms with Crippen LogP contribution in [0.5, 0.6) is 0 Å². The summed E-state index contributed by atoms with van der Waals surface area (Å²) >= 11 is 0. The first-order chi connectivity index (χ1) is 8.77. The summed E-state index contributed by atoms with van der Waals surface area (Å²) in [6.45, 7) is 5.57. The van der Waals surface area contributed by atoms with Gasteiger partial charge in [-0.15, -0.1) is 0 Å². The van der Waals surface area contributed by atoms with Crippen LogP contribution in [0, 0.1) is 5.92 Å². The maximum atomic E-state index is 12.0. The van der Waals surface area contributed by atoms with Gasteiger partial charge in [0.15, 0.2) is 0 Å². The number of nitrogens with one attached hydrogen (secondary N) is 1. The molecule has 1 amide bonds. The summed E-state index contributed by atoms with van der Waals surface area (Å²) in [4.78, 5) is 13.9. The molecule has 4 nitrogen and oxygen atoms in total. The summed E-state index contributed by atoms with van der Waals surface area (Å²) in [5.41, 5.74) is 0. The van der Waals surface area contributed by atoms with Gasteiger partial charge in [0.1, 0.15) is 0 Å². The number of carbonyl (C=O) groups is 1. The van der Waals surface area contributed by atoms with Crippen LogP contribution in [0.3, 0.4) is 0 Å². The van der Waals surface area contributed by atoms with Gasteiger partial charge in [-0.2, -0.15) is 0 Å². The highest BCUT2D eigenvalue weighted by molar-refractivity contribution is 5.78. The Labute approximate surface area is 110 Å². The van der Waals surface area contributed by atoms with E-state index in [1.807, 2.05) is 4.90 Å². The molecule has 2 fully saturated rings. The zero-order chi connectivity index (χ0) is 12.8. The quantitative estimate of drug-likeness (QED) is 0.824. The molecule has 104 valence electrons. The summed E-state index contributed by atoms with van der Waals surface area (Å²) in [7, 11) is 0. The normalized spacial score (nSPS) is 23.9. The van der Waals surface area contributed by atoms with Crippen LogP contribution in [0.15, 0.2) is 0 Å². The van der Waals surface area contributed by atoms with Crippen molar-refractivity contribution in [2.75, 3.05) is 32.8 Å². The maximum Gasteiger partial charge on any atom is 0.236 e. The molecule has 0 radical (unpaired) electrons. The van der Waals surface area contributed by atoms with E-state index in [1.165, 1.54) is 32.1 Å². The molecular formula is C14H26N2O2. The Morgan fingerprint density at radius 3 is 2.61 bits per heavy atom. The minimum Gasteiger partial charge on any atom is -0.378 e. The second-order valence-corrected chi connectivity index (χ2v) is 5.56. The molecule has 0 spiro atoms. The van der Waals surface area contributed by atoms with Gasteiger partial charge in [0, 0.05) is 19.1 Å². The Morgan fingerprint density at radius 1 is 1.28 bits per heavy atom. The smallest absolute Gasteiger partial charge is 0.236 e. The predicted octanol–water partition coefficient (Wildman–Crippen LogP) is 1.40. The number of amides is 1. The van der Waals surface area contributed by atoms with Crippen molar-refractivity contribution in [1.29, 1.82) is 0 Å². The van der Waals surface area contributed by atoms with Crippen molar-refractivity contribution < 1.29 is 9.53 Å². The monoisotopic (exact) mass is 254 g/mol. The molecule has 0 aromatic carbocycles. The Balaban J connectivity index is 1.67. The summed E-state index contributed by atoms with van der Waals surface area (Å²) < 4.78 is 5.26. The zero-order valence-corrected chi connectivity index (χ0v) is 11.5. The van der Waals surface area contributed by atoms with Crippen molar-refractivity contribution in [2.24, 2.45) is 5.92 Å². The van der Waals surface area contributed by atoms with Gasteiger partial charge in [0.05, 0.1) is 19.8 Å². The number of hydrogen-bond donors (Lipinski definition) is 1. The van der Waals surface area contributed by atoms with Crippen LogP contribution < -0.4 is 5.32 Å². The summed E-state index contributed by atoms with van der Waals surface area (Å²) in [6, 6.07) is 0.468. The van der Waals surface area contributed by atoms with Gasteiger partial charge in [-0.25, -0.2) is 0 Å². The number of rotatable bonds is 4. The van der Waals surface area contributed by atoms with Crippen molar-refractivity contribution in [3.63, 3.8) is 0 Å². The lowest BCUT2D eigenvalue weighted by Crippen LogP contribution is -2.47. The highest BCUT2D eigenvalue weighted by Crippen LogP contribution is 2.26. The van der Waals surface area contributed by atoms with E-state index in [9.17, 15) is 4.79 Å². The summed E-state index contributed by atoms with van der Waals surface area (Å²) in [5.74, 6) is 0.984. The van der Waals surface area contributed by atoms with Crippen LogP contribution in [-0.4, -0.2) is 49.7 Å². The molecule has 1 aliphatic heterocycles. The molecule has 0 aromatic heterocycles. The topological polar surface area (TPSA) is 41.6 Å². The highest BCUT2D eigenvalue weighted by atomic mass is 16.5. The Morgan fingerprint density at radius 2 is 1.94 bits per heavy atom. The van der Waals surface area contributed by atoms with Gasteiger partial charge < -0.3 is 15.0 Å². The molecule has 2 aliphatic rings. The molecular weight excluding hydrogens is 228 g/mol. The van der Waals surface area contributed by atoms with E-state index in [4.69, 9.17) is 4.74 Å². The minimum absolute atomic E-state index is 0.223. The van der Waals surface area contributed by atoms with E-state index >= 15 is 0 Å². The lowest BCUT2D eigenvalue weighted by Gasteiger charge is -2.30. The molecule has 1 saturated carbocycles. The van der Waals surface area contributed by atoms with Gasteiger partial charge in [-0.05, 0) is 25.7 Å². The number of nitrogens with zero attached hydrogens (tertiary/aromatic N) is 1. The van der Waals surface area contributed by atoms with Crippen LogP contribution >= 0.6 is 0 Å². The second kappa shape index (κ2) is 7.10. The first-order valence-electron chi connectivity index (χ1n) is 7.36. The Bertz CT molecular complexity index is 259. The molecule has 0 unspecified atom stereocenters. The zero-order valence-electron chi connectivity index (χ0n) is 11.5. The number of carbonyl (C=O) groups excluding carboxylic acids is 1. The average Bonchev–Trinajstić information content (AvgIpc) is 2.46. The second-order valence-electron chi connectivity index (χ2n) is 5.56. The minimum atomic E-state index is 0.223. The number of hydrogen-bond acceptors (Lipinski definition) is 3. The molecule has 1 atom stereocenters. The fourth-order valence-corrected chi connectivity index (χ4v) is 2.97. The molecule has 1 aliphatic carbocycles. The lowest BCUT2D eigenvalue weighted by atomic mass is 9.84. The SMILES string of the molecule is C[C@H](NCC(=O)N1CCOCC1)C1CCCCC1. The van der Waals surface area contributed by atoms with Crippen molar-refractivity contribution in [1.82, 2.24) is 10.2 Å². The Kier molecular flexibility index (Phi) is 5.45. The fourth-order valence-electron chi connectivity index (χ4n) is 2.97. The fraction of sp³-hybridized carbons (Fsp3) is 0.929. The summed E-state index contributed by atoms with van der Waals surface area (Å²) in [6.07, 6.45) is 6.73. The Hall–Kier alpha value is -0.610. The molecule has 1 N–H and O–H groups in total. The standard InChI is InChI=1S/C14H26N2O2/c1-12(13-5-3-2-4-6-13)15-11-14(17)16-7-9-18-10-8-16/h12-13,15H,2-11H2,1H3/t12-/m0/s1. The van der Waals surface area contributed by atoms with Gasteiger partial charge >= 0.3 is 0 Å². The van der Waals surface area contributed by atoms with Crippen molar-refractivity contribution in [3.8, 4) is 0 Å². The van der Waals surface area contributed by atoms with E-state index in [-0.39, 0.29) is 5.91 Å². The van der Waals surface area contributed by atoms with E-state index < -0.39 is 0 Å². The van der Waals surface area contributed by atoms with E-state index in [1.54, 1.807) is 0 Å². The van der Waals surface area contributed by atoms with Crippen LogP contribution in [0.2, 0.25) is 0 Å². The highest BCUT2D eigenvalue weighted by Gasteiger charge is 2.22. The first-order valence-corrected chi connectivity index (χ1v) is 7.36. The van der Waals surface area contributed by atoms with Gasteiger partial charge in [0.25, 0.3) is 0 Å². The third-order valence-corrected chi connectivity index (χ3v) is 4.30. The van der Waals surface area contributed by atoms with E-state index in [0.29, 0.717) is 25.8 Å². The largest absolute Gasteiger partial charge is 0.378 e. The van der Waals surface area contributed by atoms with Gasteiger partial charge in [-0.3, -0.25) is 4.79 Å². The third kappa shape index (κ3) is 3.95. The van der Waals surface area contributed by atoms with Crippen LogP contribution in [0.25, 0.3) is 0 Å². The number of ether oxygens (including phenoxy) is 1. The predicted molar refractivity (Wildman–Crippen MR) is 71.4 cm³/mol. The van der Waals surface area contributed by atoms with E-state index in [0.717, 1.165) is 19.0 Å². The van der Waals surface area contributed by atoms with Crippen molar-refractivity contribution >= 4 is 5.91 Å². The van der Waals surface area contributed by atoms with Crippen LogP contribution in [0.1, 0.15) is 39.0 Å². The van der Waals surface area contributed by atoms with Crippen LogP contribution in [-0.2, 0) is 9.53 Å². The molecule has 4 heteroatoms. The molecule has 2 rings (SSSR count). The lowest BCUT2D eigenvalue weighted by molar-refractivity contribution is -0.134. The summed E-state index contributed by atoms with van der Waals surface area (Å²) in [5, 5.41) is 3.42. The third-order valence-electron chi connectivity index (χ3n) is 4.30. The van der Waals surface area contributed by atoms with Crippen LogP contribution in [0.4, 0.5) is 0 Å². The molecule has 0 bridgehead atoms. The molecule has 1 heterocycles. The van der Waals surface area contributed by atoms with Gasteiger partial charge in [-0.1, -0.05) is 19.3 Å². The van der Waals surface area contributed by atoms with Crippen molar-refractivity contribution in [3.05, 3.63) is 0 Å². The first kappa shape index (κ1) is 13.8. The molecule has 0 aromatic rings. The average molecular weight is 254 g/mol. The number of morpholine rings is 1. The molecule has 18 heavy (non-hydrogen) atoms. The van der Waals surface area contributed by atoms with Crippen molar-refractivity contribution in [2.45, 2.75) is 45.1 Å². The van der Waals surface area contributed by atoms with E-state index in [2.05, 4.69) is 12.2 Å². The molecule has 1 saturated heterocycles.